The van der Waals surface area contributed by atoms with Crippen LogP contribution in [0.4, 0.5) is 5.69 Å². The summed E-state index contributed by atoms with van der Waals surface area (Å²) in [5, 5.41) is 22.2. The van der Waals surface area contributed by atoms with Crippen LogP contribution in [0.3, 0.4) is 0 Å². The van der Waals surface area contributed by atoms with Gasteiger partial charge in [0.1, 0.15) is 6.33 Å². The molecule has 4 rings (SSSR count). The maximum atomic E-state index is 12.4. The number of rotatable bonds is 5. The van der Waals surface area contributed by atoms with Gasteiger partial charge in [-0.25, -0.2) is 4.68 Å². The van der Waals surface area contributed by atoms with Crippen molar-refractivity contribution in [1.29, 1.82) is 0 Å². The van der Waals surface area contributed by atoms with Crippen molar-refractivity contribution in [3.63, 3.8) is 0 Å². The molecule has 2 N–H and O–H groups in total. The average Bonchev–Trinajstić information content (AvgIpc) is 3.28. The van der Waals surface area contributed by atoms with E-state index in [1.54, 1.807) is 4.68 Å². The molecule has 1 aliphatic heterocycles. The lowest BCUT2D eigenvalue weighted by Crippen LogP contribution is -2.14. The van der Waals surface area contributed by atoms with E-state index >= 15 is 0 Å². The summed E-state index contributed by atoms with van der Waals surface area (Å²) in [4.78, 5) is 12.4. The third-order valence-corrected chi connectivity index (χ3v) is 4.66. The van der Waals surface area contributed by atoms with E-state index in [0.29, 0.717) is 12.8 Å². The minimum atomic E-state index is -0.0340. The van der Waals surface area contributed by atoms with E-state index in [4.69, 9.17) is 0 Å². The smallest absolute Gasteiger partial charge is 0.224 e. The molecule has 9 nitrogen and oxygen atoms in total. The monoisotopic (exact) mass is 366 g/mol. The number of benzene rings is 1. The van der Waals surface area contributed by atoms with Gasteiger partial charge in [0.15, 0.2) is 0 Å². The van der Waals surface area contributed by atoms with E-state index in [-0.39, 0.29) is 5.91 Å². The minimum absolute atomic E-state index is 0.0340. The highest BCUT2D eigenvalue weighted by Crippen LogP contribution is 2.19. The summed E-state index contributed by atoms with van der Waals surface area (Å²) < 4.78 is 3.61. The third kappa shape index (κ3) is 4.03. The number of aromatic nitrogens is 6. The molecule has 0 spiro atoms. The molecule has 3 aromatic rings. The first-order valence-electron chi connectivity index (χ1n) is 9.09. The van der Waals surface area contributed by atoms with E-state index in [9.17, 15) is 4.79 Å². The van der Waals surface area contributed by atoms with Crippen molar-refractivity contribution >= 4 is 11.6 Å². The Hall–Kier alpha value is -3.07. The highest BCUT2D eigenvalue weighted by atomic mass is 16.1. The molecule has 2 aromatic heterocycles. The van der Waals surface area contributed by atoms with E-state index in [0.717, 1.165) is 48.7 Å². The Kier molecular flexibility index (Phi) is 4.93. The Bertz CT molecular complexity index is 907. The number of hydrogen-bond donors (Lipinski definition) is 2. The number of fused-ring (bicyclic) bond motifs is 1. The molecule has 0 unspecified atom stereocenters. The molecule has 27 heavy (non-hydrogen) atoms. The van der Waals surface area contributed by atoms with Crippen molar-refractivity contribution < 1.29 is 4.79 Å². The highest BCUT2D eigenvalue weighted by molar-refractivity contribution is 5.91. The van der Waals surface area contributed by atoms with Crippen LogP contribution in [-0.4, -0.2) is 42.4 Å². The lowest BCUT2D eigenvalue weighted by Gasteiger charge is -2.10. The van der Waals surface area contributed by atoms with Gasteiger partial charge in [-0.1, -0.05) is 6.07 Å². The second kappa shape index (κ2) is 7.67. The lowest BCUT2D eigenvalue weighted by atomic mass is 10.1. The van der Waals surface area contributed by atoms with Crippen LogP contribution in [0.15, 0.2) is 30.6 Å². The van der Waals surface area contributed by atoms with Crippen molar-refractivity contribution in [1.82, 2.24) is 35.3 Å². The van der Waals surface area contributed by atoms with E-state index < -0.39 is 0 Å². The standard InChI is InChI=1S/C18H22N8O/c1-13-3-5-15(26-12-20-23-24-26)10-17(13)21-18(27)6-4-14-9-16-11-19-7-2-8-25(16)22-14/h3,5,9-10,12,19H,2,4,6-8,11H2,1H3,(H,21,27). The number of nitrogens with zero attached hydrogens (tertiary/aromatic N) is 6. The summed E-state index contributed by atoms with van der Waals surface area (Å²) in [6.07, 6.45) is 3.61. The average molecular weight is 366 g/mol. The summed E-state index contributed by atoms with van der Waals surface area (Å²) in [7, 11) is 0. The number of aryl methyl sites for hydroxylation is 3. The molecule has 0 aliphatic carbocycles. The van der Waals surface area contributed by atoms with E-state index in [1.165, 1.54) is 12.0 Å². The molecule has 9 heteroatoms. The summed E-state index contributed by atoms with van der Waals surface area (Å²) in [5.41, 5.74) is 4.69. The van der Waals surface area contributed by atoms with Crippen LogP contribution < -0.4 is 10.6 Å². The highest BCUT2D eigenvalue weighted by Gasteiger charge is 2.13. The van der Waals surface area contributed by atoms with Gasteiger partial charge >= 0.3 is 0 Å². The molecule has 0 fully saturated rings. The van der Waals surface area contributed by atoms with Gasteiger partial charge in [-0.2, -0.15) is 5.10 Å². The minimum Gasteiger partial charge on any atom is -0.326 e. The van der Waals surface area contributed by atoms with Gasteiger partial charge in [-0.15, -0.1) is 5.10 Å². The fraction of sp³-hybridized carbons (Fsp3) is 0.389. The van der Waals surface area contributed by atoms with Crippen molar-refractivity contribution in [3.05, 3.63) is 47.5 Å². The second-order valence-electron chi connectivity index (χ2n) is 6.68. The predicted octanol–water partition coefficient (Wildman–Crippen LogP) is 1.23. The van der Waals surface area contributed by atoms with E-state index in [1.807, 2.05) is 29.8 Å². The summed E-state index contributed by atoms with van der Waals surface area (Å²) in [6, 6.07) is 7.81. The van der Waals surface area contributed by atoms with Crippen molar-refractivity contribution in [2.45, 2.75) is 39.3 Å². The third-order valence-electron chi connectivity index (χ3n) is 4.66. The number of carbonyl (C=O) groups excluding carboxylic acids is 1. The van der Waals surface area contributed by atoms with Crippen molar-refractivity contribution in [2.24, 2.45) is 0 Å². The fourth-order valence-corrected chi connectivity index (χ4v) is 3.16. The lowest BCUT2D eigenvalue weighted by molar-refractivity contribution is -0.116. The first-order chi connectivity index (χ1) is 13.2. The Balaban J connectivity index is 1.39. The quantitative estimate of drug-likeness (QED) is 0.704. The van der Waals surface area contributed by atoms with Crippen LogP contribution in [-0.2, 0) is 24.3 Å². The Labute approximate surface area is 156 Å². The van der Waals surface area contributed by atoms with Gasteiger partial charge in [-0.3, -0.25) is 9.48 Å². The van der Waals surface area contributed by atoms with E-state index in [2.05, 4.69) is 37.3 Å². The molecule has 0 saturated carbocycles. The van der Waals surface area contributed by atoms with Crippen molar-refractivity contribution in [3.8, 4) is 5.69 Å². The number of hydrogen-bond acceptors (Lipinski definition) is 6. The topological polar surface area (TPSA) is 103 Å². The van der Waals surface area contributed by atoms with Crippen LogP contribution in [0.5, 0.6) is 0 Å². The number of anilines is 1. The molecule has 140 valence electrons. The number of carbonyl (C=O) groups is 1. The van der Waals surface area contributed by atoms with Crippen molar-refractivity contribution in [2.75, 3.05) is 11.9 Å². The van der Waals surface area contributed by atoms with Crippen LogP contribution in [0.25, 0.3) is 5.69 Å². The summed E-state index contributed by atoms with van der Waals surface area (Å²) in [6.45, 7) is 4.74. The van der Waals surface area contributed by atoms with Gasteiger partial charge in [-0.05, 0) is 54.1 Å². The second-order valence-corrected chi connectivity index (χ2v) is 6.68. The molecule has 3 heterocycles. The van der Waals surface area contributed by atoms with Gasteiger partial charge in [0.25, 0.3) is 0 Å². The molecule has 0 radical (unpaired) electrons. The molecule has 1 aromatic carbocycles. The molecule has 1 aliphatic rings. The maximum Gasteiger partial charge on any atom is 0.224 e. The number of tetrazole rings is 1. The zero-order valence-corrected chi connectivity index (χ0v) is 15.2. The Morgan fingerprint density at radius 3 is 3.11 bits per heavy atom. The molecule has 0 saturated heterocycles. The first-order valence-corrected chi connectivity index (χ1v) is 9.09. The largest absolute Gasteiger partial charge is 0.326 e. The molecule has 1 amide bonds. The number of nitrogens with one attached hydrogen (secondary N) is 2. The summed E-state index contributed by atoms with van der Waals surface area (Å²) >= 11 is 0. The maximum absolute atomic E-state index is 12.4. The van der Waals surface area contributed by atoms with Gasteiger partial charge in [0, 0.05) is 31.6 Å². The zero-order valence-electron chi connectivity index (χ0n) is 15.2. The Morgan fingerprint density at radius 1 is 1.33 bits per heavy atom. The SMILES string of the molecule is Cc1ccc(-n2cnnn2)cc1NC(=O)CCc1cc2n(n1)CCCNC2. The fourth-order valence-electron chi connectivity index (χ4n) is 3.16. The van der Waals surface area contributed by atoms with Crippen LogP contribution >= 0.6 is 0 Å². The van der Waals surface area contributed by atoms with Gasteiger partial charge in [0.2, 0.25) is 5.91 Å². The predicted molar refractivity (Wildman–Crippen MR) is 99.4 cm³/mol. The van der Waals surface area contributed by atoms with Crippen LogP contribution in [0.1, 0.15) is 29.8 Å². The van der Waals surface area contributed by atoms with Crippen LogP contribution in [0.2, 0.25) is 0 Å². The number of amides is 1. The summed E-state index contributed by atoms with van der Waals surface area (Å²) in [5.74, 6) is -0.0340. The molecule has 0 atom stereocenters. The Morgan fingerprint density at radius 2 is 2.26 bits per heavy atom. The zero-order chi connectivity index (χ0) is 18.6. The first kappa shape index (κ1) is 17.3. The van der Waals surface area contributed by atoms with Gasteiger partial charge < -0.3 is 10.6 Å². The molecular formula is C18H22N8O. The van der Waals surface area contributed by atoms with Gasteiger partial charge in [0.05, 0.1) is 17.1 Å². The van der Waals surface area contributed by atoms with Crippen LogP contribution in [0, 0.1) is 6.92 Å². The molecule has 0 bridgehead atoms. The molecular weight excluding hydrogens is 344 g/mol. The normalized spacial score (nSPS) is 13.8.